The molecule has 0 unspecified atom stereocenters. The Bertz CT molecular complexity index is 187. The highest BCUT2D eigenvalue weighted by Gasteiger charge is 1.88. The molecule has 56 valence electrons. The van der Waals surface area contributed by atoms with Gasteiger partial charge in [-0.1, -0.05) is 27.5 Å². The van der Waals surface area contributed by atoms with Crippen molar-refractivity contribution >= 4 is 44.5 Å². The summed E-state index contributed by atoms with van der Waals surface area (Å²) in [4.78, 5) is 4.02. The number of pyridine rings is 1. The first-order chi connectivity index (χ1) is 4.33. The summed E-state index contributed by atoms with van der Waals surface area (Å²) >= 11 is 8.87. The van der Waals surface area contributed by atoms with E-state index in [-0.39, 0.29) is 17.0 Å². The molecule has 1 aromatic heterocycles. The summed E-state index contributed by atoms with van der Waals surface area (Å²) in [6.45, 7) is 0. The highest BCUT2D eigenvalue weighted by molar-refractivity contribution is 9.08. The quantitative estimate of drug-likeness (QED) is 0.723. The molecule has 0 fully saturated rings. The molecule has 1 rings (SSSR count). The van der Waals surface area contributed by atoms with Crippen LogP contribution < -0.4 is 0 Å². The highest BCUT2D eigenvalue weighted by atomic mass is 79.9. The summed E-state index contributed by atoms with van der Waals surface area (Å²) in [5.74, 6) is 0. The zero-order valence-electron chi connectivity index (χ0n) is 5.05. The topological polar surface area (TPSA) is 12.9 Å². The smallest absolute Gasteiger partial charge is 0.0589 e. The molecule has 0 aromatic carbocycles. The van der Waals surface area contributed by atoms with E-state index in [1.54, 1.807) is 6.20 Å². The van der Waals surface area contributed by atoms with Crippen molar-refractivity contribution in [1.29, 1.82) is 0 Å². The van der Waals surface area contributed by atoms with Gasteiger partial charge in [0.25, 0.3) is 0 Å². The minimum Gasteiger partial charge on any atom is -0.259 e. The number of aromatic nitrogens is 1. The van der Waals surface area contributed by atoms with E-state index in [2.05, 4.69) is 20.9 Å². The maximum Gasteiger partial charge on any atom is 0.0589 e. The summed E-state index contributed by atoms with van der Waals surface area (Å²) in [5, 5.41) is 1.46. The summed E-state index contributed by atoms with van der Waals surface area (Å²) in [7, 11) is 0. The molecule has 0 spiro atoms. The van der Waals surface area contributed by atoms with Gasteiger partial charge in [0.2, 0.25) is 0 Å². The number of hydrogen-bond acceptors (Lipinski definition) is 1. The van der Waals surface area contributed by atoms with Crippen LogP contribution >= 0.6 is 44.5 Å². The van der Waals surface area contributed by atoms with Gasteiger partial charge in [-0.15, -0.1) is 17.0 Å². The molecule has 0 aliphatic rings. The number of rotatable bonds is 1. The second-order valence-corrected chi connectivity index (χ2v) is 2.60. The second-order valence-electron chi connectivity index (χ2n) is 1.60. The van der Waals surface area contributed by atoms with Gasteiger partial charge in [-0.25, -0.2) is 0 Å². The molecule has 4 heteroatoms. The third-order valence-electron chi connectivity index (χ3n) is 0.926. The molecule has 10 heavy (non-hydrogen) atoms. The van der Waals surface area contributed by atoms with Crippen molar-refractivity contribution in [2.75, 3.05) is 0 Å². The molecule has 0 aliphatic carbocycles. The van der Waals surface area contributed by atoms with Gasteiger partial charge in [0.1, 0.15) is 0 Å². The lowest BCUT2D eigenvalue weighted by molar-refractivity contribution is 1.19. The van der Waals surface area contributed by atoms with Crippen LogP contribution in [0.2, 0.25) is 5.02 Å². The molecule has 0 aliphatic heterocycles. The van der Waals surface area contributed by atoms with Crippen LogP contribution in [0, 0.1) is 0 Å². The summed E-state index contributed by atoms with van der Waals surface area (Å²) < 4.78 is 0. The molecule has 0 atom stereocenters. The SMILES string of the molecule is Br.Clc1ccc(CBr)nc1. The Labute approximate surface area is 83.7 Å². The van der Waals surface area contributed by atoms with Gasteiger partial charge in [-0.05, 0) is 12.1 Å². The number of halogens is 3. The number of alkyl halides is 1. The number of hydrogen-bond donors (Lipinski definition) is 0. The minimum absolute atomic E-state index is 0. The van der Waals surface area contributed by atoms with Gasteiger partial charge in [0, 0.05) is 11.5 Å². The van der Waals surface area contributed by atoms with Gasteiger partial charge in [0.15, 0.2) is 0 Å². The second kappa shape index (κ2) is 5.10. The molecular weight excluding hydrogens is 281 g/mol. The Morgan fingerprint density at radius 1 is 1.50 bits per heavy atom. The maximum absolute atomic E-state index is 5.59. The van der Waals surface area contributed by atoms with Gasteiger partial charge in [-0.2, -0.15) is 0 Å². The third kappa shape index (κ3) is 2.99. The van der Waals surface area contributed by atoms with Crippen LogP contribution in [-0.2, 0) is 5.33 Å². The van der Waals surface area contributed by atoms with E-state index >= 15 is 0 Å². The van der Waals surface area contributed by atoms with E-state index in [4.69, 9.17) is 11.6 Å². The Morgan fingerprint density at radius 3 is 2.60 bits per heavy atom. The zero-order valence-corrected chi connectivity index (χ0v) is 9.11. The molecule has 1 heterocycles. The standard InChI is InChI=1S/C6H5BrClN.BrH/c7-3-6-2-1-5(8)4-9-6;/h1-2,4H,3H2;1H. The normalized spacial score (nSPS) is 8.60. The van der Waals surface area contributed by atoms with Crippen LogP contribution in [0.3, 0.4) is 0 Å². The fourth-order valence-electron chi connectivity index (χ4n) is 0.485. The average Bonchev–Trinajstić information content (AvgIpc) is 1.90. The molecule has 0 radical (unpaired) electrons. The van der Waals surface area contributed by atoms with E-state index in [9.17, 15) is 0 Å². The lowest BCUT2D eigenvalue weighted by Gasteiger charge is -1.91. The predicted molar refractivity (Wildman–Crippen MR) is 52.2 cm³/mol. The van der Waals surface area contributed by atoms with Gasteiger partial charge < -0.3 is 0 Å². The molecule has 0 amide bonds. The lowest BCUT2D eigenvalue weighted by atomic mass is 10.4. The first-order valence-corrected chi connectivity index (χ1v) is 3.99. The van der Waals surface area contributed by atoms with E-state index < -0.39 is 0 Å². The Morgan fingerprint density at radius 2 is 2.20 bits per heavy atom. The van der Waals surface area contributed by atoms with Crippen molar-refractivity contribution in [3.8, 4) is 0 Å². The maximum atomic E-state index is 5.59. The largest absolute Gasteiger partial charge is 0.259 e. The summed E-state index contributed by atoms with van der Waals surface area (Å²) in [6, 6.07) is 3.71. The average molecular weight is 287 g/mol. The van der Waals surface area contributed by atoms with Crippen molar-refractivity contribution in [1.82, 2.24) is 4.98 Å². The fraction of sp³-hybridized carbons (Fsp3) is 0.167. The van der Waals surface area contributed by atoms with E-state index in [0.29, 0.717) is 5.02 Å². The van der Waals surface area contributed by atoms with Crippen LogP contribution in [0.15, 0.2) is 18.3 Å². The predicted octanol–water partition coefficient (Wildman–Crippen LogP) is 3.21. The molecule has 1 aromatic rings. The highest BCUT2D eigenvalue weighted by Crippen LogP contribution is 2.07. The molecule has 1 nitrogen and oxygen atoms in total. The molecule has 0 bridgehead atoms. The Kier molecular flexibility index (Phi) is 5.31. The van der Waals surface area contributed by atoms with Crippen LogP contribution in [0.25, 0.3) is 0 Å². The zero-order chi connectivity index (χ0) is 6.69. The van der Waals surface area contributed by atoms with Crippen molar-refractivity contribution in [2.24, 2.45) is 0 Å². The van der Waals surface area contributed by atoms with Crippen LogP contribution in [-0.4, -0.2) is 4.98 Å². The molecular formula is C6H6Br2ClN. The van der Waals surface area contributed by atoms with E-state index in [1.807, 2.05) is 12.1 Å². The molecule has 0 saturated heterocycles. The monoisotopic (exact) mass is 285 g/mol. The van der Waals surface area contributed by atoms with Crippen molar-refractivity contribution < 1.29 is 0 Å². The van der Waals surface area contributed by atoms with E-state index in [0.717, 1.165) is 11.0 Å². The molecule has 0 saturated carbocycles. The van der Waals surface area contributed by atoms with Crippen molar-refractivity contribution in [2.45, 2.75) is 5.33 Å². The van der Waals surface area contributed by atoms with Crippen molar-refractivity contribution in [3.63, 3.8) is 0 Å². The summed E-state index contributed by atoms with van der Waals surface area (Å²) in [5.41, 5.74) is 0.999. The lowest BCUT2D eigenvalue weighted by Crippen LogP contribution is -1.80. The van der Waals surface area contributed by atoms with Crippen molar-refractivity contribution in [3.05, 3.63) is 29.0 Å². The first kappa shape index (κ1) is 10.4. The van der Waals surface area contributed by atoms with Crippen LogP contribution in [0.1, 0.15) is 5.69 Å². The minimum atomic E-state index is 0. The van der Waals surface area contributed by atoms with E-state index in [1.165, 1.54) is 0 Å². The van der Waals surface area contributed by atoms with Crippen LogP contribution in [0.4, 0.5) is 0 Å². The number of nitrogens with zero attached hydrogens (tertiary/aromatic N) is 1. The first-order valence-electron chi connectivity index (χ1n) is 2.49. The summed E-state index contributed by atoms with van der Waals surface area (Å²) in [6.07, 6.45) is 1.64. The van der Waals surface area contributed by atoms with Gasteiger partial charge in [-0.3, -0.25) is 4.98 Å². The van der Waals surface area contributed by atoms with Crippen LogP contribution in [0.5, 0.6) is 0 Å². The third-order valence-corrected chi connectivity index (χ3v) is 1.72. The molecule has 0 N–H and O–H groups in total. The Balaban J connectivity index is 0.000000810. The van der Waals surface area contributed by atoms with Gasteiger partial charge in [0.05, 0.1) is 10.7 Å². The van der Waals surface area contributed by atoms with Gasteiger partial charge >= 0.3 is 0 Å². The fourth-order valence-corrected chi connectivity index (χ4v) is 0.929. The Hall–Kier alpha value is 0.400.